The molecule has 1 aromatic carbocycles. The predicted octanol–water partition coefficient (Wildman–Crippen LogP) is 3.26. The molecule has 4 nitrogen and oxygen atoms in total. The average molecular weight is 287 g/mol. The summed E-state index contributed by atoms with van der Waals surface area (Å²) >= 11 is 0. The Labute approximate surface area is 112 Å². The van der Waals surface area contributed by atoms with Gasteiger partial charge in [0.05, 0.1) is 15.6 Å². The van der Waals surface area contributed by atoms with Gasteiger partial charge in [-0.05, 0) is 30.5 Å². The highest BCUT2D eigenvalue weighted by Crippen LogP contribution is 2.26. The molecule has 0 fully saturated rings. The molecule has 6 heteroatoms. The van der Waals surface area contributed by atoms with Crippen LogP contribution in [0.1, 0.15) is 16.7 Å². The molecular weight excluding hydrogens is 268 g/mol. The largest absolute Gasteiger partial charge is 0.496 e. The van der Waals surface area contributed by atoms with Crippen molar-refractivity contribution in [1.29, 1.82) is 0 Å². The van der Waals surface area contributed by atoms with Gasteiger partial charge in [0.25, 0.3) is 0 Å². The van der Waals surface area contributed by atoms with Crippen molar-refractivity contribution in [1.82, 2.24) is 4.90 Å². The van der Waals surface area contributed by atoms with Crippen LogP contribution in [0.3, 0.4) is 0 Å². The zero-order valence-corrected chi connectivity index (χ0v) is 13.3. The highest BCUT2D eigenvalue weighted by molar-refractivity contribution is 8.00. The van der Waals surface area contributed by atoms with Gasteiger partial charge in [-0.2, -0.15) is 0 Å². The minimum absolute atomic E-state index is 0.0903. The van der Waals surface area contributed by atoms with E-state index >= 15 is 0 Å². The maximum Gasteiger partial charge on any atom is 0.412 e. The van der Waals surface area contributed by atoms with E-state index in [2.05, 4.69) is 8.93 Å². The second-order valence-corrected chi connectivity index (χ2v) is 5.25. The predicted molar refractivity (Wildman–Crippen MR) is 78.4 cm³/mol. The Balaban J connectivity index is 2.83. The normalized spacial score (nSPS) is 10.7. The Morgan fingerprint density at radius 2 is 1.94 bits per heavy atom. The fraction of sp³-hybridized carbons (Fsp3) is 0.417. The Morgan fingerprint density at radius 3 is 2.39 bits per heavy atom. The molecule has 0 heterocycles. The number of carbonyl (C=O) groups excluding carboxylic acids is 1. The zero-order valence-electron chi connectivity index (χ0n) is 11.1. The number of amides is 1. The number of methoxy groups -OCH3 is 1. The third kappa shape index (κ3) is 3.83. The molecule has 0 saturated heterocycles. The quantitative estimate of drug-likeness (QED) is 0.798. The van der Waals surface area contributed by atoms with Crippen molar-refractivity contribution in [3.63, 3.8) is 0 Å². The van der Waals surface area contributed by atoms with Crippen LogP contribution in [0, 0.1) is 13.8 Å². The van der Waals surface area contributed by atoms with Crippen LogP contribution < -0.4 is 4.74 Å². The number of nitrogens with zero attached hydrogens (tertiary/aromatic N) is 1. The van der Waals surface area contributed by atoms with E-state index in [9.17, 15) is 4.79 Å². The van der Waals surface area contributed by atoms with Crippen LogP contribution in [0.4, 0.5) is 4.79 Å². The van der Waals surface area contributed by atoms with Gasteiger partial charge in [-0.25, -0.2) is 4.79 Å². The second kappa shape index (κ2) is 6.92. The van der Waals surface area contributed by atoms with E-state index in [4.69, 9.17) is 9.26 Å². The monoisotopic (exact) mass is 287 g/mol. The zero-order chi connectivity index (χ0) is 13.7. The van der Waals surface area contributed by atoms with Gasteiger partial charge in [0.15, 0.2) is 0 Å². The summed E-state index contributed by atoms with van der Waals surface area (Å²) in [6.45, 7) is 4.52. The van der Waals surface area contributed by atoms with Gasteiger partial charge in [-0.3, -0.25) is 0 Å². The van der Waals surface area contributed by atoms with E-state index in [0.29, 0.717) is 6.54 Å². The van der Waals surface area contributed by atoms with Crippen LogP contribution in [0.15, 0.2) is 12.1 Å². The molecule has 0 aliphatic heterocycles. The molecule has 0 aliphatic carbocycles. The number of benzene rings is 1. The molecular formula is C12H19NO3P2. The van der Waals surface area contributed by atoms with Crippen LogP contribution in [0.25, 0.3) is 0 Å². The highest BCUT2D eigenvalue weighted by Gasteiger charge is 2.12. The molecule has 2 atom stereocenters. The lowest BCUT2D eigenvalue weighted by molar-refractivity contribution is 0.168. The van der Waals surface area contributed by atoms with Crippen molar-refractivity contribution in [3.05, 3.63) is 28.8 Å². The van der Waals surface area contributed by atoms with Gasteiger partial charge in [0.1, 0.15) is 5.75 Å². The average Bonchev–Trinajstić information content (AvgIpc) is 2.28. The molecule has 1 aromatic rings. The van der Waals surface area contributed by atoms with E-state index in [-0.39, 0.29) is 14.6 Å². The highest BCUT2D eigenvalue weighted by atomic mass is 32.0. The van der Waals surface area contributed by atoms with Crippen LogP contribution in [0.2, 0.25) is 0 Å². The maximum absolute atomic E-state index is 11.5. The summed E-state index contributed by atoms with van der Waals surface area (Å²) in [6.07, 6.45) is -0.311. The third-order valence-corrected chi connectivity index (χ3v) is 3.25. The third-order valence-electron chi connectivity index (χ3n) is 2.60. The molecule has 0 spiro atoms. The van der Waals surface area contributed by atoms with Crippen LogP contribution in [-0.2, 0) is 11.1 Å². The van der Waals surface area contributed by atoms with Gasteiger partial charge in [0.2, 0.25) is 0 Å². The second-order valence-electron chi connectivity index (χ2n) is 4.10. The Bertz CT molecular complexity index is 414. The lowest BCUT2D eigenvalue weighted by Gasteiger charge is -2.18. The van der Waals surface area contributed by atoms with Crippen molar-refractivity contribution < 1.29 is 14.1 Å². The summed E-state index contributed by atoms with van der Waals surface area (Å²) in [5.41, 5.74) is 3.21. The minimum Gasteiger partial charge on any atom is -0.496 e. The Morgan fingerprint density at radius 1 is 1.39 bits per heavy atom. The first kappa shape index (κ1) is 15.2. The molecule has 0 N–H and O–H groups in total. The van der Waals surface area contributed by atoms with Crippen molar-refractivity contribution in [2.45, 2.75) is 20.4 Å². The first-order chi connectivity index (χ1) is 8.49. The fourth-order valence-corrected chi connectivity index (χ4v) is 2.48. The summed E-state index contributed by atoms with van der Waals surface area (Å²) in [5.74, 6) is 0.899. The molecule has 1 rings (SSSR count). The molecule has 0 aromatic heterocycles. The molecule has 0 bridgehead atoms. The van der Waals surface area contributed by atoms with Gasteiger partial charge in [-0.1, -0.05) is 21.1 Å². The fourth-order valence-electron chi connectivity index (χ4n) is 1.92. The first-order valence-corrected chi connectivity index (χ1v) is 8.23. The van der Waals surface area contributed by atoms with Gasteiger partial charge < -0.3 is 14.2 Å². The van der Waals surface area contributed by atoms with Crippen molar-refractivity contribution >= 4 is 23.5 Å². The number of rotatable bonds is 4. The molecule has 100 valence electrons. The number of hydrogen-bond acceptors (Lipinski definition) is 3. The van der Waals surface area contributed by atoms with Crippen LogP contribution in [-0.4, -0.2) is 25.2 Å². The molecule has 0 radical (unpaired) electrons. The van der Waals surface area contributed by atoms with E-state index in [1.54, 1.807) is 19.1 Å². The van der Waals surface area contributed by atoms with Gasteiger partial charge in [0, 0.05) is 13.6 Å². The van der Waals surface area contributed by atoms with E-state index in [1.807, 2.05) is 26.0 Å². The Hall–Kier alpha value is -0.850. The van der Waals surface area contributed by atoms with Gasteiger partial charge in [-0.15, -0.1) is 0 Å². The smallest absolute Gasteiger partial charge is 0.412 e. The summed E-state index contributed by atoms with van der Waals surface area (Å²) in [4.78, 5) is 13.1. The van der Waals surface area contributed by atoms with Crippen molar-refractivity contribution in [3.8, 4) is 5.75 Å². The van der Waals surface area contributed by atoms with Crippen LogP contribution in [0.5, 0.6) is 5.75 Å². The standard InChI is InChI=1S/C12H19NO3P2/c1-8-5-10(6-9(2)11(8)15-4)7-13(3)12(14)16-18-17/h5-6,18H,7,17H2,1-4H3. The molecule has 1 amide bonds. The summed E-state index contributed by atoms with van der Waals surface area (Å²) < 4.78 is 10.2. The number of ether oxygens (including phenoxy) is 1. The van der Waals surface area contributed by atoms with Crippen LogP contribution >= 0.6 is 17.4 Å². The summed E-state index contributed by atoms with van der Waals surface area (Å²) in [5, 5.41) is 0. The maximum atomic E-state index is 11.5. The first-order valence-electron chi connectivity index (χ1n) is 5.51. The lowest BCUT2D eigenvalue weighted by Crippen LogP contribution is -2.24. The molecule has 2 unspecified atom stereocenters. The van der Waals surface area contributed by atoms with Crippen molar-refractivity contribution in [2.75, 3.05) is 14.2 Å². The van der Waals surface area contributed by atoms with E-state index in [1.165, 1.54) is 0 Å². The number of aryl methyl sites for hydroxylation is 2. The Kier molecular flexibility index (Phi) is 5.84. The molecule has 0 aliphatic rings. The number of hydrogen-bond donors (Lipinski definition) is 0. The summed E-state index contributed by atoms with van der Waals surface area (Å²) in [6, 6.07) is 4.05. The molecule has 18 heavy (non-hydrogen) atoms. The SMILES string of the molecule is COc1c(C)cc(CN(C)C(=O)OPP)cc1C. The molecule has 0 saturated carbocycles. The summed E-state index contributed by atoms with van der Waals surface area (Å²) in [7, 11) is 5.87. The van der Waals surface area contributed by atoms with E-state index < -0.39 is 0 Å². The minimum atomic E-state index is -0.311. The van der Waals surface area contributed by atoms with E-state index in [0.717, 1.165) is 22.4 Å². The topological polar surface area (TPSA) is 38.8 Å². The number of carbonyl (C=O) groups is 1. The lowest BCUT2D eigenvalue weighted by atomic mass is 10.1. The van der Waals surface area contributed by atoms with Gasteiger partial charge >= 0.3 is 6.09 Å². The van der Waals surface area contributed by atoms with Crippen molar-refractivity contribution in [2.24, 2.45) is 0 Å².